The van der Waals surface area contributed by atoms with E-state index in [1.165, 1.54) is 17.7 Å². The Kier molecular flexibility index (Phi) is 6.24. The van der Waals surface area contributed by atoms with Crippen LogP contribution >= 0.6 is 0 Å². The first-order valence-corrected chi connectivity index (χ1v) is 11.1. The Hall–Kier alpha value is -2.54. The van der Waals surface area contributed by atoms with Gasteiger partial charge in [-0.2, -0.15) is 0 Å². The van der Waals surface area contributed by atoms with Crippen molar-refractivity contribution in [1.29, 1.82) is 0 Å². The average Bonchev–Trinajstić information content (AvgIpc) is 2.72. The van der Waals surface area contributed by atoms with Crippen molar-refractivity contribution < 1.29 is 22.7 Å². The molecular weight excluding hydrogens is 378 g/mol. The van der Waals surface area contributed by atoms with Crippen LogP contribution < -0.4 is 14.8 Å². The van der Waals surface area contributed by atoms with E-state index >= 15 is 0 Å². The molecule has 2 aromatic carbocycles. The number of carbonyl (C=O) groups excluding carboxylic acids is 1. The zero-order valence-corrected chi connectivity index (χ0v) is 16.9. The monoisotopic (exact) mass is 403 g/mol. The van der Waals surface area contributed by atoms with Gasteiger partial charge in [-0.15, -0.1) is 0 Å². The normalized spacial score (nSPS) is 14.4. The largest absolute Gasteiger partial charge is 0.486 e. The van der Waals surface area contributed by atoms with Gasteiger partial charge in [-0.25, -0.2) is 8.42 Å². The molecule has 0 aromatic heterocycles. The molecule has 1 heterocycles. The molecule has 1 atom stereocenters. The molecule has 0 unspecified atom stereocenters. The molecule has 0 saturated heterocycles. The summed E-state index contributed by atoms with van der Waals surface area (Å²) in [6.45, 7) is 5.10. The smallest absolute Gasteiger partial charge is 0.225 e. The van der Waals surface area contributed by atoms with Crippen LogP contribution in [-0.4, -0.2) is 33.3 Å². The first kappa shape index (κ1) is 20.2. The Morgan fingerprint density at radius 2 is 1.75 bits per heavy atom. The molecule has 0 aliphatic carbocycles. The molecule has 1 N–H and O–H groups in total. The number of hydrogen-bond donors (Lipinski definition) is 1. The summed E-state index contributed by atoms with van der Waals surface area (Å²) < 4.78 is 35.9. The Labute approximate surface area is 165 Å². The second-order valence-corrected chi connectivity index (χ2v) is 8.96. The summed E-state index contributed by atoms with van der Waals surface area (Å²) in [7, 11) is -3.60. The van der Waals surface area contributed by atoms with Gasteiger partial charge in [0.05, 0.1) is 10.6 Å². The van der Waals surface area contributed by atoms with Gasteiger partial charge in [0.15, 0.2) is 21.3 Å². The predicted molar refractivity (Wildman–Crippen MR) is 108 cm³/mol. The molecule has 28 heavy (non-hydrogen) atoms. The van der Waals surface area contributed by atoms with Gasteiger partial charge in [0, 0.05) is 18.2 Å². The number of sulfone groups is 1. The molecule has 3 rings (SSSR count). The fourth-order valence-electron chi connectivity index (χ4n) is 2.92. The fraction of sp³-hybridized carbons (Fsp3) is 0.381. The first-order valence-electron chi connectivity index (χ1n) is 9.41. The lowest BCUT2D eigenvalue weighted by molar-refractivity contribution is -0.115. The predicted octanol–water partition coefficient (Wildman–Crippen LogP) is 3.77. The van der Waals surface area contributed by atoms with Crippen LogP contribution in [0.2, 0.25) is 0 Å². The summed E-state index contributed by atoms with van der Waals surface area (Å²) in [4.78, 5) is 12.3. The fourth-order valence-corrected chi connectivity index (χ4v) is 4.17. The minimum absolute atomic E-state index is 0.121. The van der Waals surface area contributed by atoms with E-state index in [1.807, 2.05) is 24.3 Å². The van der Waals surface area contributed by atoms with Crippen molar-refractivity contribution in [3.8, 4) is 11.5 Å². The summed E-state index contributed by atoms with van der Waals surface area (Å²) in [6, 6.07) is 12.2. The molecule has 0 fully saturated rings. The highest BCUT2D eigenvalue weighted by Crippen LogP contribution is 2.32. The highest BCUT2D eigenvalue weighted by Gasteiger charge is 2.20. The highest BCUT2D eigenvalue weighted by atomic mass is 32.2. The summed E-state index contributed by atoms with van der Waals surface area (Å²) in [6.07, 6.45) is 0.924. The van der Waals surface area contributed by atoms with E-state index in [4.69, 9.17) is 9.47 Å². The maximum absolute atomic E-state index is 12.6. The number of ether oxygens (including phenoxy) is 2. The van der Waals surface area contributed by atoms with Crippen molar-refractivity contribution >= 4 is 21.4 Å². The number of anilines is 1. The summed E-state index contributed by atoms with van der Waals surface area (Å²) in [5.41, 5.74) is 1.87. The van der Waals surface area contributed by atoms with Gasteiger partial charge < -0.3 is 14.8 Å². The third-order valence-corrected chi connectivity index (χ3v) is 6.56. The molecule has 0 spiro atoms. The molecule has 7 heteroatoms. The van der Waals surface area contributed by atoms with Crippen molar-refractivity contribution in [1.82, 2.24) is 0 Å². The summed E-state index contributed by atoms with van der Waals surface area (Å²) in [5, 5.41) is 2.75. The molecule has 6 nitrogen and oxygen atoms in total. The van der Waals surface area contributed by atoms with Crippen molar-refractivity contribution in [2.75, 3.05) is 24.3 Å². The topological polar surface area (TPSA) is 81.7 Å². The standard InChI is InChI=1S/C21H25NO5S/c1-3-15(2)16-4-6-17(7-5-16)22-21(23)10-13-28(24,25)18-8-9-19-20(14-18)27-12-11-26-19/h4-9,14-15H,3,10-13H2,1-2H3,(H,22,23)/t15-/m0/s1. The van der Waals surface area contributed by atoms with Crippen LogP contribution in [-0.2, 0) is 14.6 Å². The number of benzene rings is 2. The van der Waals surface area contributed by atoms with E-state index in [-0.39, 0.29) is 23.0 Å². The molecule has 0 radical (unpaired) electrons. The number of rotatable bonds is 7. The maximum atomic E-state index is 12.6. The minimum atomic E-state index is -3.60. The number of hydrogen-bond acceptors (Lipinski definition) is 5. The summed E-state index contributed by atoms with van der Waals surface area (Å²) in [5.74, 6) is 0.795. The molecule has 1 aliphatic rings. The average molecular weight is 404 g/mol. The number of nitrogens with one attached hydrogen (secondary N) is 1. The quantitative estimate of drug-likeness (QED) is 0.761. The van der Waals surface area contributed by atoms with Gasteiger partial charge >= 0.3 is 0 Å². The van der Waals surface area contributed by atoms with Gasteiger partial charge in [0.1, 0.15) is 13.2 Å². The lowest BCUT2D eigenvalue weighted by Gasteiger charge is -2.18. The highest BCUT2D eigenvalue weighted by molar-refractivity contribution is 7.91. The van der Waals surface area contributed by atoms with Crippen molar-refractivity contribution in [2.45, 2.75) is 37.5 Å². The maximum Gasteiger partial charge on any atom is 0.225 e. The molecular formula is C21H25NO5S. The van der Waals surface area contributed by atoms with Gasteiger partial charge in [0.2, 0.25) is 5.91 Å². The van der Waals surface area contributed by atoms with Crippen LogP contribution in [0.3, 0.4) is 0 Å². The van der Waals surface area contributed by atoms with Crippen LogP contribution in [0.4, 0.5) is 5.69 Å². The van der Waals surface area contributed by atoms with Gasteiger partial charge in [0.25, 0.3) is 0 Å². The third-order valence-electron chi connectivity index (χ3n) is 4.85. The van der Waals surface area contributed by atoms with Crippen LogP contribution in [0, 0.1) is 0 Å². The second-order valence-electron chi connectivity index (χ2n) is 6.85. The minimum Gasteiger partial charge on any atom is -0.486 e. The van der Waals surface area contributed by atoms with Crippen molar-refractivity contribution in [3.63, 3.8) is 0 Å². The third kappa shape index (κ3) is 4.84. The number of carbonyl (C=O) groups is 1. The molecule has 0 saturated carbocycles. The molecule has 1 amide bonds. The molecule has 150 valence electrons. The molecule has 0 bridgehead atoms. The second kappa shape index (κ2) is 8.65. The Morgan fingerprint density at radius 1 is 1.07 bits per heavy atom. The van der Waals surface area contributed by atoms with Crippen molar-refractivity contribution in [3.05, 3.63) is 48.0 Å². The lowest BCUT2D eigenvalue weighted by atomic mass is 9.99. The van der Waals surface area contributed by atoms with Gasteiger partial charge in [-0.1, -0.05) is 26.0 Å². The zero-order valence-electron chi connectivity index (χ0n) is 16.1. The van der Waals surface area contributed by atoms with Crippen LogP contribution in [0.25, 0.3) is 0 Å². The van der Waals surface area contributed by atoms with E-state index in [2.05, 4.69) is 19.2 Å². The van der Waals surface area contributed by atoms with E-state index in [0.29, 0.717) is 36.3 Å². The van der Waals surface area contributed by atoms with E-state index in [0.717, 1.165) is 6.42 Å². The van der Waals surface area contributed by atoms with E-state index < -0.39 is 9.84 Å². The first-order chi connectivity index (χ1) is 13.4. The SMILES string of the molecule is CC[C@H](C)c1ccc(NC(=O)CCS(=O)(=O)c2ccc3c(c2)OCCO3)cc1. The van der Waals surface area contributed by atoms with Crippen LogP contribution in [0.5, 0.6) is 11.5 Å². The Balaban J connectivity index is 1.59. The zero-order chi connectivity index (χ0) is 20.1. The van der Waals surface area contributed by atoms with Crippen LogP contribution in [0.15, 0.2) is 47.4 Å². The van der Waals surface area contributed by atoms with Gasteiger partial charge in [-0.3, -0.25) is 4.79 Å². The summed E-state index contributed by atoms with van der Waals surface area (Å²) >= 11 is 0. The van der Waals surface area contributed by atoms with E-state index in [9.17, 15) is 13.2 Å². The van der Waals surface area contributed by atoms with Crippen LogP contribution in [0.1, 0.15) is 38.2 Å². The van der Waals surface area contributed by atoms with Crippen molar-refractivity contribution in [2.24, 2.45) is 0 Å². The Morgan fingerprint density at radius 3 is 2.43 bits per heavy atom. The van der Waals surface area contributed by atoms with Gasteiger partial charge in [-0.05, 0) is 42.2 Å². The molecule has 2 aromatic rings. The number of amides is 1. The molecule has 1 aliphatic heterocycles. The lowest BCUT2D eigenvalue weighted by Crippen LogP contribution is -2.18. The van der Waals surface area contributed by atoms with E-state index in [1.54, 1.807) is 6.07 Å². The Bertz CT molecular complexity index is 938. The number of fused-ring (bicyclic) bond motifs is 1.